The highest BCUT2D eigenvalue weighted by Crippen LogP contribution is 2.44. The summed E-state index contributed by atoms with van der Waals surface area (Å²) in [4.78, 5) is 11.9. The molecule has 0 aromatic carbocycles. The maximum absolute atomic E-state index is 11.9. The van der Waals surface area contributed by atoms with Crippen LogP contribution in [0.25, 0.3) is 0 Å². The van der Waals surface area contributed by atoms with E-state index in [1.807, 2.05) is 0 Å². The van der Waals surface area contributed by atoms with E-state index in [1.165, 1.54) is 25.7 Å². The molecule has 0 bridgehead atoms. The largest absolute Gasteiger partial charge is 0.355 e. The lowest BCUT2D eigenvalue weighted by molar-refractivity contribution is -0.126. The fourth-order valence-electron chi connectivity index (χ4n) is 2.12. The summed E-state index contributed by atoms with van der Waals surface area (Å²) in [6.45, 7) is 7.94. The van der Waals surface area contributed by atoms with E-state index in [2.05, 4.69) is 26.1 Å². The first kappa shape index (κ1) is 14.5. The van der Waals surface area contributed by atoms with Crippen molar-refractivity contribution < 1.29 is 4.79 Å². The lowest BCUT2D eigenvalue weighted by Gasteiger charge is -2.26. The lowest BCUT2D eigenvalue weighted by atomic mass is 9.86. The zero-order valence-corrected chi connectivity index (χ0v) is 11.6. The van der Waals surface area contributed by atoms with Crippen molar-refractivity contribution in [2.24, 2.45) is 16.6 Å². The number of rotatable bonds is 8. The second-order valence-electron chi connectivity index (χ2n) is 6.29. The standard InChI is InChI=1S/C14H28N2O/c1-4-5-6-7-13(2,3)11-16-12(17)14(10-15)8-9-14/h4-11,15H2,1-3H3,(H,16,17). The number of carbonyl (C=O) groups is 1. The summed E-state index contributed by atoms with van der Waals surface area (Å²) in [5.41, 5.74) is 5.64. The van der Waals surface area contributed by atoms with E-state index < -0.39 is 0 Å². The van der Waals surface area contributed by atoms with Crippen LogP contribution in [0.1, 0.15) is 59.3 Å². The highest BCUT2D eigenvalue weighted by atomic mass is 16.2. The molecule has 0 aliphatic heterocycles. The van der Waals surface area contributed by atoms with Gasteiger partial charge in [-0.2, -0.15) is 0 Å². The van der Waals surface area contributed by atoms with Gasteiger partial charge in [0.15, 0.2) is 0 Å². The van der Waals surface area contributed by atoms with E-state index in [1.54, 1.807) is 0 Å². The van der Waals surface area contributed by atoms with Crippen LogP contribution in [0.3, 0.4) is 0 Å². The third kappa shape index (κ3) is 4.30. The molecule has 0 unspecified atom stereocenters. The summed E-state index contributed by atoms with van der Waals surface area (Å²) in [7, 11) is 0. The van der Waals surface area contributed by atoms with Crippen LogP contribution in [0.2, 0.25) is 0 Å². The van der Waals surface area contributed by atoms with Gasteiger partial charge in [0.05, 0.1) is 5.41 Å². The predicted octanol–water partition coefficient (Wildman–Crippen LogP) is 2.45. The highest BCUT2D eigenvalue weighted by molar-refractivity contribution is 5.85. The average molecular weight is 240 g/mol. The Morgan fingerprint density at radius 2 is 2.00 bits per heavy atom. The number of nitrogens with one attached hydrogen (secondary N) is 1. The number of nitrogens with two attached hydrogens (primary N) is 1. The van der Waals surface area contributed by atoms with Crippen molar-refractivity contribution in [2.75, 3.05) is 13.1 Å². The molecule has 0 radical (unpaired) electrons. The third-order valence-electron chi connectivity index (χ3n) is 3.91. The molecule has 1 rings (SSSR count). The van der Waals surface area contributed by atoms with Gasteiger partial charge in [-0.15, -0.1) is 0 Å². The molecule has 17 heavy (non-hydrogen) atoms. The Hall–Kier alpha value is -0.570. The van der Waals surface area contributed by atoms with Crippen molar-refractivity contribution in [1.29, 1.82) is 0 Å². The minimum absolute atomic E-state index is 0.170. The zero-order chi connectivity index (χ0) is 12.9. The minimum atomic E-state index is -0.209. The normalized spacial score (nSPS) is 17.9. The molecule has 0 spiro atoms. The van der Waals surface area contributed by atoms with Gasteiger partial charge >= 0.3 is 0 Å². The topological polar surface area (TPSA) is 55.1 Å². The molecule has 1 fully saturated rings. The molecule has 0 heterocycles. The Morgan fingerprint density at radius 1 is 1.35 bits per heavy atom. The third-order valence-corrected chi connectivity index (χ3v) is 3.91. The summed E-state index contributed by atoms with van der Waals surface area (Å²) >= 11 is 0. The monoisotopic (exact) mass is 240 g/mol. The second kappa shape index (κ2) is 5.85. The van der Waals surface area contributed by atoms with E-state index in [0.29, 0.717) is 6.54 Å². The molecule has 1 amide bonds. The molecule has 0 aromatic heterocycles. The predicted molar refractivity (Wildman–Crippen MR) is 71.7 cm³/mol. The van der Waals surface area contributed by atoms with Gasteiger partial charge < -0.3 is 11.1 Å². The SMILES string of the molecule is CCCCCC(C)(C)CNC(=O)C1(CN)CC1. The summed E-state index contributed by atoms with van der Waals surface area (Å²) in [6, 6.07) is 0. The molecular weight excluding hydrogens is 212 g/mol. The summed E-state index contributed by atoms with van der Waals surface area (Å²) in [6.07, 6.45) is 6.89. The first-order chi connectivity index (χ1) is 7.96. The van der Waals surface area contributed by atoms with Crippen LogP contribution >= 0.6 is 0 Å². The Morgan fingerprint density at radius 3 is 2.47 bits per heavy atom. The average Bonchev–Trinajstić information content (AvgIpc) is 3.07. The van der Waals surface area contributed by atoms with Crippen molar-refractivity contribution in [3.05, 3.63) is 0 Å². The van der Waals surface area contributed by atoms with Gasteiger partial charge in [-0.1, -0.05) is 40.0 Å². The Labute approximate surface area is 106 Å². The number of hydrogen-bond donors (Lipinski definition) is 2. The van der Waals surface area contributed by atoms with E-state index in [0.717, 1.165) is 19.4 Å². The van der Waals surface area contributed by atoms with Crippen molar-refractivity contribution in [2.45, 2.75) is 59.3 Å². The summed E-state index contributed by atoms with van der Waals surface area (Å²) in [5.74, 6) is 0.170. The fraction of sp³-hybridized carbons (Fsp3) is 0.929. The number of carbonyl (C=O) groups excluding carboxylic acids is 1. The summed E-state index contributed by atoms with van der Waals surface area (Å²) < 4.78 is 0. The van der Waals surface area contributed by atoms with E-state index in [-0.39, 0.29) is 16.7 Å². The van der Waals surface area contributed by atoms with Crippen molar-refractivity contribution >= 4 is 5.91 Å². The van der Waals surface area contributed by atoms with Gasteiger partial charge in [-0.05, 0) is 24.7 Å². The smallest absolute Gasteiger partial charge is 0.227 e. The summed E-state index contributed by atoms with van der Waals surface area (Å²) in [5, 5.41) is 3.08. The minimum Gasteiger partial charge on any atom is -0.355 e. The molecule has 3 nitrogen and oxygen atoms in total. The molecule has 0 atom stereocenters. The first-order valence-corrected chi connectivity index (χ1v) is 6.94. The van der Waals surface area contributed by atoms with Crippen LogP contribution in [0.5, 0.6) is 0 Å². The van der Waals surface area contributed by atoms with Crippen LogP contribution < -0.4 is 11.1 Å². The molecule has 0 aromatic rings. The van der Waals surface area contributed by atoms with Gasteiger partial charge in [0.1, 0.15) is 0 Å². The Bertz CT molecular complexity index is 257. The van der Waals surface area contributed by atoms with Gasteiger partial charge in [0.2, 0.25) is 5.91 Å². The van der Waals surface area contributed by atoms with Gasteiger partial charge in [0, 0.05) is 13.1 Å². The van der Waals surface area contributed by atoms with Crippen molar-refractivity contribution in [3.8, 4) is 0 Å². The van der Waals surface area contributed by atoms with Gasteiger partial charge in [-0.3, -0.25) is 4.79 Å². The van der Waals surface area contributed by atoms with Gasteiger partial charge in [0.25, 0.3) is 0 Å². The molecule has 3 N–H and O–H groups in total. The molecule has 3 heteroatoms. The van der Waals surface area contributed by atoms with Crippen LogP contribution in [0, 0.1) is 10.8 Å². The Kier molecular flexibility index (Phi) is 4.99. The van der Waals surface area contributed by atoms with Crippen LogP contribution in [0.15, 0.2) is 0 Å². The fourth-order valence-corrected chi connectivity index (χ4v) is 2.12. The second-order valence-corrected chi connectivity index (χ2v) is 6.29. The number of hydrogen-bond acceptors (Lipinski definition) is 2. The van der Waals surface area contributed by atoms with Crippen LogP contribution in [-0.2, 0) is 4.79 Å². The van der Waals surface area contributed by atoms with Crippen molar-refractivity contribution in [3.63, 3.8) is 0 Å². The maximum atomic E-state index is 11.9. The quantitative estimate of drug-likeness (QED) is 0.640. The van der Waals surface area contributed by atoms with Crippen LogP contribution in [0.4, 0.5) is 0 Å². The zero-order valence-electron chi connectivity index (χ0n) is 11.6. The maximum Gasteiger partial charge on any atom is 0.227 e. The molecular formula is C14H28N2O. The highest BCUT2D eigenvalue weighted by Gasteiger charge is 2.48. The van der Waals surface area contributed by atoms with E-state index in [9.17, 15) is 4.79 Å². The number of amides is 1. The van der Waals surface area contributed by atoms with Gasteiger partial charge in [-0.25, -0.2) is 0 Å². The number of unbranched alkanes of at least 4 members (excludes halogenated alkanes) is 2. The molecule has 1 saturated carbocycles. The molecule has 0 saturated heterocycles. The molecule has 1 aliphatic rings. The molecule has 1 aliphatic carbocycles. The van der Waals surface area contributed by atoms with E-state index in [4.69, 9.17) is 5.73 Å². The lowest BCUT2D eigenvalue weighted by Crippen LogP contribution is -2.41. The first-order valence-electron chi connectivity index (χ1n) is 6.94. The molecule has 100 valence electrons. The van der Waals surface area contributed by atoms with E-state index >= 15 is 0 Å². The van der Waals surface area contributed by atoms with Crippen LogP contribution in [-0.4, -0.2) is 19.0 Å². The van der Waals surface area contributed by atoms with Crippen molar-refractivity contribution in [1.82, 2.24) is 5.32 Å². The Balaban J connectivity index is 2.26.